The summed E-state index contributed by atoms with van der Waals surface area (Å²) >= 11 is 0. The molecule has 0 aromatic heterocycles. The van der Waals surface area contributed by atoms with Gasteiger partial charge < -0.3 is 5.41 Å². The maximum Gasteiger partial charge on any atom is 0.0689 e. The third-order valence-corrected chi connectivity index (χ3v) is 3.05. The first-order valence-corrected chi connectivity index (χ1v) is 5.23. The minimum Gasteiger partial charge on any atom is -0.313 e. The van der Waals surface area contributed by atoms with Gasteiger partial charge in [-0.1, -0.05) is 19.3 Å². The van der Waals surface area contributed by atoms with E-state index in [1.54, 1.807) is 0 Å². The van der Waals surface area contributed by atoms with Gasteiger partial charge in [0.2, 0.25) is 0 Å². The second-order valence-electron chi connectivity index (χ2n) is 4.05. The van der Waals surface area contributed by atoms with E-state index in [2.05, 4.69) is 6.07 Å². The van der Waals surface area contributed by atoms with Crippen molar-refractivity contribution in [3.8, 4) is 6.07 Å². The standard InChI is InChI=1S/C11H18N2/c12-9-5-1-2-6-11(10-13)7-3-4-8-11/h9,12H,1-8H2. The van der Waals surface area contributed by atoms with Crippen LogP contribution in [0.2, 0.25) is 0 Å². The summed E-state index contributed by atoms with van der Waals surface area (Å²) in [6.45, 7) is 0. The Bertz CT molecular complexity index is 197. The zero-order valence-corrected chi connectivity index (χ0v) is 8.18. The van der Waals surface area contributed by atoms with Crippen LogP contribution >= 0.6 is 0 Å². The lowest BCUT2D eigenvalue weighted by atomic mass is 9.82. The molecule has 0 atom stereocenters. The average molecular weight is 178 g/mol. The minimum absolute atomic E-state index is 0.0159. The van der Waals surface area contributed by atoms with Crippen LogP contribution < -0.4 is 0 Å². The molecule has 0 aromatic carbocycles. The predicted molar refractivity (Wildman–Crippen MR) is 53.8 cm³/mol. The van der Waals surface area contributed by atoms with Crippen LogP contribution in [-0.4, -0.2) is 6.21 Å². The van der Waals surface area contributed by atoms with Gasteiger partial charge in [-0.25, -0.2) is 0 Å². The van der Waals surface area contributed by atoms with Crippen molar-refractivity contribution in [1.82, 2.24) is 0 Å². The molecule has 0 bridgehead atoms. The Morgan fingerprint density at radius 2 is 2.00 bits per heavy atom. The topological polar surface area (TPSA) is 47.6 Å². The molecule has 1 fully saturated rings. The zero-order valence-electron chi connectivity index (χ0n) is 8.18. The summed E-state index contributed by atoms with van der Waals surface area (Å²) in [5.41, 5.74) is 0.0159. The van der Waals surface area contributed by atoms with Gasteiger partial charge in [-0.15, -0.1) is 0 Å². The third kappa shape index (κ3) is 2.84. The molecule has 1 aliphatic carbocycles. The van der Waals surface area contributed by atoms with Crippen LogP contribution in [0.1, 0.15) is 51.4 Å². The van der Waals surface area contributed by atoms with E-state index in [1.165, 1.54) is 19.1 Å². The molecule has 0 amide bonds. The first-order chi connectivity index (χ1) is 6.33. The summed E-state index contributed by atoms with van der Waals surface area (Å²) in [5.74, 6) is 0. The van der Waals surface area contributed by atoms with Crippen molar-refractivity contribution in [2.24, 2.45) is 5.41 Å². The summed E-state index contributed by atoms with van der Waals surface area (Å²) in [6, 6.07) is 2.50. The minimum atomic E-state index is 0.0159. The number of hydrogen-bond donors (Lipinski definition) is 1. The van der Waals surface area contributed by atoms with Crippen LogP contribution in [0.5, 0.6) is 0 Å². The second kappa shape index (κ2) is 5.01. The molecule has 2 heteroatoms. The van der Waals surface area contributed by atoms with Crippen molar-refractivity contribution in [1.29, 1.82) is 10.7 Å². The molecule has 0 radical (unpaired) electrons. The van der Waals surface area contributed by atoms with Crippen LogP contribution in [0.4, 0.5) is 0 Å². The van der Waals surface area contributed by atoms with E-state index in [4.69, 9.17) is 10.7 Å². The molecule has 1 N–H and O–H groups in total. The lowest BCUT2D eigenvalue weighted by molar-refractivity contribution is 0.361. The first-order valence-electron chi connectivity index (χ1n) is 5.23. The van der Waals surface area contributed by atoms with Gasteiger partial charge in [-0.05, 0) is 38.3 Å². The average Bonchev–Trinajstić information content (AvgIpc) is 2.62. The number of nitrogens with one attached hydrogen (secondary N) is 1. The van der Waals surface area contributed by atoms with Crippen molar-refractivity contribution < 1.29 is 0 Å². The molecule has 1 saturated carbocycles. The molecule has 1 rings (SSSR count). The zero-order chi connectivity index (χ0) is 9.57. The largest absolute Gasteiger partial charge is 0.313 e. The van der Waals surface area contributed by atoms with Crippen molar-refractivity contribution in [2.75, 3.05) is 0 Å². The van der Waals surface area contributed by atoms with E-state index >= 15 is 0 Å². The maximum absolute atomic E-state index is 9.08. The normalized spacial score (nSPS) is 19.6. The Morgan fingerprint density at radius 1 is 1.31 bits per heavy atom. The molecule has 0 aliphatic heterocycles. The molecule has 0 saturated heterocycles. The van der Waals surface area contributed by atoms with Gasteiger partial charge in [-0.2, -0.15) is 5.26 Å². The first kappa shape index (κ1) is 10.2. The highest BCUT2D eigenvalue weighted by molar-refractivity contribution is 5.52. The van der Waals surface area contributed by atoms with Crippen LogP contribution in [0.25, 0.3) is 0 Å². The van der Waals surface area contributed by atoms with Gasteiger partial charge in [-0.3, -0.25) is 0 Å². The molecule has 1 aliphatic rings. The lowest BCUT2D eigenvalue weighted by Crippen LogP contribution is -2.12. The number of rotatable bonds is 5. The van der Waals surface area contributed by atoms with Crippen LogP contribution in [0.15, 0.2) is 0 Å². The second-order valence-corrected chi connectivity index (χ2v) is 4.05. The predicted octanol–water partition coefficient (Wildman–Crippen LogP) is 3.28. The van der Waals surface area contributed by atoms with Crippen LogP contribution in [0, 0.1) is 22.2 Å². The fourth-order valence-electron chi connectivity index (χ4n) is 2.18. The Balaban J connectivity index is 2.24. The highest BCUT2D eigenvalue weighted by Crippen LogP contribution is 2.41. The lowest BCUT2D eigenvalue weighted by Gasteiger charge is -2.19. The summed E-state index contributed by atoms with van der Waals surface area (Å²) in [5, 5.41) is 16.0. The number of nitrogens with zero attached hydrogens (tertiary/aromatic N) is 1. The Hall–Kier alpha value is -0.840. The molecule has 0 spiro atoms. The molecule has 2 nitrogen and oxygen atoms in total. The smallest absolute Gasteiger partial charge is 0.0689 e. The number of nitriles is 1. The van der Waals surface area contributed by atoms with Crippen molar-refractivity contribution >= 4 is 6.21 Å². The molecule has 0 unspecified atom stereocenters. The highest BCUT2D eigenvalue weighted by atomic mass is 14.4. The summed E-state index contributed by atoms with van der Waals surface area (Å²) in [4.78, 5) is 0. The SMILES string of the molecule is N#CC1(CCCCC=N)CCCC1. The van der Waals surface area contributed by atoms with Gasteiger partial charge in [0.25, 0.3) is 0 Å². The monoisotopic (exact) mass is 178 g/mol. The molecule has 0 heterocycles. The molecule has 13 heavy (non-hydrogen) atoms. The van der Waals surface area contributed by atoms with Gasteiger partial charge in [0.05, 0.1) is 11.5 Å². The summed E-state index contributed by atoms with van der Waals surface area (Å²) in [7, 11) is 0. The number of unbranched alkanes of at least 4 members (excludes halogenated alkanes) is 2. The third-order valence-electron chi connectivity index (χ3n) is 3.05. The van der Waals surface area contributed by atoms with Gasteiger partial charge in [0.1, 0.15) is 0 Å². The van der Waals surface area contributed by atoms with Crippen molar-refractivity contribution in [2.45, 2.75) is 51.4 Å². The summed E-state index contributed by atoms with van der Waals surface area (Å²) < 4.78 is 0. The quantitative estimate of drug-likeness (QED) is 0.509. The summed E-state index contributed by atoms with van der Waals surface area (Å²) in [6.07, 6.45) is 10.3. The molecule has 72 valence electrons. The Morgan fingerprint density at radius 3 is 2.54 bits per heavy atom. The van der Waals surface area contributed by atoms with Crippen LogP contribution in [-0.2, 0) is 0 Å². The van der Waals surface area contributed by atoms with Crippen molar-refractivity contribution in [3.63, 3.8) is 0 Å². The Kier molecular flexibility index (Phi) is 3.95. The van der Waals surface area contributed by atoms with Gasteiger partial charge in [0, 0.05) is 0 Å². The highest BCUT2D eigenvalue weighted by Gasteiger charge is 2.32. The van der Waals surface area contributed by atoms with Crippen LogP contribution in [0.3, 0.4) is 0 Å². The van der Waals surface area contributed by atoms with Crippen molar-refractivity contribution in [3.05, 3.63) is 0 Å². The van der Waals surface area contributed by atoms with Gasteiger partial charge in [0.15, 0.2) is 0 Å². The molecular formula is C11H18N2. The van der Waals surface area contributed by atoms with E-state index in [1.807, 2.05) is 0 Å². The van der Waals surface area contributed by atoms with E-state index in [0.29, 0.717) is 0 Å². The van der Waals surface area contributed by atoms with Gasteiger partial charge >= 0.3 is 0 Å². The van der Waals surface area contributed by atoms with E-state index < -0.39 is 0 Å². The Labute approximate surface area is 80.5 Å². The number of hydrogen-bond acceptors (Lipinski definition) is 2. The van der Waals surface area contributed by atoms with E-state index in [0.717, 1.165) is 38.5 Å². The van der Waals surface area contributed by atoms with E-state index in [9.17, 15) is 0 Å². The fourth-order valence-corrected chi connectivity index (χ4v) is 2.18. The maximum atomic E-state index is 9.08. The van der Waals surface area contributed by atoms with E-state index in [-0.39, 0.29) is 5.41 Å². The molecular weight excluding hydrogens is 160 g/mol. The molecule has 0 aromatic rings. The fraction of sp³-hybridized carbons (Fsp3) is 0.818.